The van der Waals surface area contributed by atoms with Crippen molar-refractivity contribution < 1.29 is 23.1 Å². The number of amides is 1. The molecule has 2 saturated heterocycles. The lowest BCUT2D eigenvalue weighted by Gasteiger charge is -2.34. The Balaban J connectivity index is 1.25. The van der Waals surface area contributed by atoms with Crippen molar-refractivity contribution in [2.24, 2.45) is 0 Å². The smallest absolute Gasteiger partial charge is 0.317 e. The summed E-state index contributed by atoms with van der Waals surface area (Å²) in [5, 5.41) is 11.4. The van der Waals surface area contributed by atoms with Crippen LogP contribution in [0.25, 0.3) is 11.1 Å². The highest BCUT2D eigenvalue weighted by molar-refractivity contribution is 8.02. The van der Waals surface area contributed by atoms with Crippen LogP contribution in [0.1, 0.15) is 18.0 Å². The van der Waals surface area contributed by atoms with E-state index in [1.165, 1.54) is 16.1 Å². The number of hydrogen-bond donors (Lipinski definition) is 2. The lowest BCUT2D eigenvalue weighted by atomic mass is 10.0. The quantitative estimate of drug-likeness (QED) is 0.341. The fraction of sp³-hybridized carbons (Fsp3) is 0.355. The highest BCUT2D eigenvalue weighted by Gasteiger charge is 2.40. The Labute approximate surface area is 251 Å². The van der Waals surface area contributed by atoms with Crippen molar-refractivity contribution >= 4 is 33.7 Å². The minimum absolute atomic E-state index is 0.0478. The van der Waals surface area contributed by atoms with E-state index in [4.69, 9.17) is 5.11 Å². The molecule has 222 valence electrons. The van der Waals surface area contributed by atoms with Gasteiger partial charge in [0.1, 0.15) is 5.37 Å². The molecule has 0 unspecified atom stereocenters. The van der Waals surface area contributed by atoms with E-state index >= 15 is 0 Å². The van der Waals surface area contributed by atoms with Crippen LogP contribution in [0, 0.1) is 0 Å². The van der Waals surface area contributed by atoms with Gasteiger partial charge in [0.25, 0.3) is 0 Å². The number of aliphatic carboxylic acids is 1. The minimum atomic E-state index is -3.88. The first-order valence-corrected chi connectivity index (χ1v) is 16.6. The lowest BCUT2D eigenvalue weighted by Crippen LogP contribution is -2.49. The van der Waals surface area contributed by atoms with Crippen LogP contribution < -0.4 is 5.32 Å². The highest BCUT2D eigenvalue weighted by Crippen LogP contribution is 2.32. The number of carbonyl (C=O) groups is 2. The summed E-state index contributed by atoms with van der Waals surface area (Å²) in [7, 11) is -3.88. The van der Waals surface area contributed by atoms with Gasteiger partial charge in [0.05, 0.1) is 17.5 Å². The summed E-state index contributed by atoms with van der Waals surface area (Å²) < 4.78 is 28.6. The Bertz CT molecular complexity index is 1450. The van der Waals surface area contributed by atoms with Gasteiger partial charge in [0, 0.05) is 45.0 Å². The van der Waals surface area contributed by atoms with Gasteiger partial charge in [-0.25, -0.2) is 8.42 Å². The third-order valence-electron chi connectivity index (χ3n) is 7.72. The first kappa shape index (κ1) is 30.2. The summed E-state index contributed by atoms with van der Waals surface area (Å²) in [6.45, 7) is 3.94. The molecule has 0 aromatic heterocycles. The molecule has 1 amide bonds. The Morgan fingerprint density at radius 2 is 1.43 bits per heavy atom. The van der Waals surface area contributed by atoms with Crippen molar-refractivity contribution in [2.45, 2.75) is 22.7 Å². The molecule has 0 radical (unpaired) electrons. The minimum Gasteiger partial charge on any atom is -0.480 e. The summed E-state index contributed by atoms with van der Waals surface area (Å²) in [5.41, 5.74) is 2.89. The number of carboxylic acids is 1. The van der Waals surface area contributed by atoms with E-state index in [1.54, 1.807) is 24.3 Å². The zero-order valence-electron chi connectivity index (χ0n) is 23.3. The monoisotopic (exact) mass is 608 g/mol. The van der Waals surface area contributed by atoms with Crippen LogP contribution in [0.4, 0.5) is 0 Å². The predicted molar refractivity (Wildman–Crippen MR) is 164 cm³/mol. The molecule has 2 aliphatic rings. The Hall–Kier alpha value is -3.22. The molecule has 9 nitrogen and oxygen atoms in total. The van der Waals surface area contributed by atoms with Crippen LogP contribution in [-0.2, 0) is 19.6 Å². The molecule has 0 saturated carbocycles. The average Bonchev–Trinajstić information content (AvgIpc) is 3.52. The van der Waals surface area contributed by atoms with E-state index in [2.05, 4.69) is 10.2 Å². The Morgan fingerprint density at radius 1 is 0.833 bits per heavy atom. The molecular weight excluding hydrogens is 572 g/mol. The maximum absolute atomic E-state index is 13.7. The number of rotatable bonds is 11. The number of carboxylic acid groups (broad SMARTS) is 1. The number of benzene rings is 3. The second-order valence-corrected chi connectivity index (χ2v) is 13.6. The normalized spacial score (nSPS) is 19.4. The van der Waals surface area contributed by atoms with E-state index in [1.807, 2.05) is 65.6 Å². The molecule has 11 heteroatoms. The van der Waals surface area contributed by atoms with Gasteiger partial charge in [-0.05, 0) is 35.2 Å². The van der Waals surface area contributed by atoms with Crippen molar-refractivity contribution in [3.05, 3.63) is 90.5 Å². The van der Waals surface area contributed by atoms with E-state index < -0.39 is 21.4 Å². The number of nitrogens with zero attached hydrogens (tertiary/aromatic N) is 3. The number of nitrogens with one attached hydrogen (secondary N) is 1. The van der Waals surface area contributed by atoms with Crippen molar-refractivity contribution in [1.29, 1.82) is 0 Å². The topological polar surface area (TPSA) is 110 Å². The predicted octanol–water partition coefficient (Wildman–Crippen LogP) is 3.37. The number of carbonyl (C=O) groups excluding carboxylic acids is 1. The van der Waals surface area contributed by atoms with Crippen molar-refractivity contribution in [3.8, 4) is 11.1 Å². The lowest BCUT2D eigenvalue weighted by molar-refractivity contribution is -0.138. The van der Waals surface area contributed by atoms with Crippen LogP contribution in [0.3, 0.4) is 0 Å². The standard InChI is InChI=1S/C31H36N4O5S2/c36-29(37)23-34-19-17-33(18-20-34)16-15-28(26-9-5-2-6-10-26)32-30(38)31-35(21-22-41-31)42(39,40)27-13-11-25(12-14-27)24-7-3-1-4-8-24/h1-14,28,31H,15-23H2,(H,32,38)(H,36,37)/t28-,31-/m0/s1. The molecule has 42 heavy (non-hydrogen) atoms. The summed E-state index contributed by atoms with van der Waals surface area (Å²) in [6, 6.07) is 26.0. The van der Waals surface area contributed by atoms with Gasteiger partial charge in [0.15, 0.2) is 0 Å². The van der Waals surface area contributed by atoms with Gasteiger partial charge in [-0.15, -0.1) is 11.8 Å². The summed E-state index contributed by atoms with van der Waals surface area (Å²) >= 11 is 1.34. The van der Waals surface area contributed by atoms with Crippen molar-refractivity contribution in [3.63, 3.8) is 0 Å². The second kappa shape index (κ2) is 13.8. The first-order valence-electron chi connectivity index (χ1n) is 14.1. The molecule has 0 aliphatic carbocycles. The van der Waals surface area contributed by atoms with Gasteiger partial charge in [-0.3, -0.25) is 14.5 Å². The zero-order chi connectivity index (χ0) is 29.5. The van der Waals surface area contributed by atoms with Crippen LogP contribution in [0.5, 0.6) is 0 Å². The van der Waals surface area contributed by atoms with Gasteiger partial charge in [0.2, 0.25) is 15.9 Å². The maximum atomic E-state index is 13.7. The summed E-state index contributed by atoms with van der Waals surface area (Å²) in [5.74, 6) is -0.599. The number of sulfonamides is 1. The van der Waals surface area contributed by atoms with Crippen LogP contribution in [0.2, 0.25) is 0 Å². The average molecular weight is 609 g/mol. The van der Waals surface area contributed by atoms with Gasteiger partial charge in [-0.2, -0.15) is 4.31 Å². The van der Waals surface area contributed by atoms with Crippen molar-refractivity contribution in [2.75, 3.05) is 51.6 Å². The molecule has 2 fully saturated rings. The third-order valence-corrected chi connectivity index (χ3v) is 10.9. The fourth-order valence-corrected chi connectivity index (χ4v) is 8.50. The molecule has 3 aromatic rings. The molecule has 2 atom stereocenters. The van der Waals surface area contributed by atoms with Gasteiger partial charge < -0.3 is 15.3 Å². The second-order valence-electron chi connectivity index (χ2n) is 10.5. The SMILES string of the molecule is O=C(O)CN1CCN(CC[C@H](NC(=O)[C@@H]2SCCN2S(=O)(=O)c2ccc(-c3ccccc3)cc2)c2ccccc2)CC1. The van der Waals surface area contributed by atoms with Gasteiger partial charge in [-0.1, -0.05) is 72.8 Å². The Morgan fingerprint density at radius 3 is 2.07 bits per heavy atom. The zero-order valence-corrected chi connectivity index (χ0v) is 25.0. The molecular formula is C31H36N4O5S2. The molecule has 2 aliphatic heterocycles. The van der Waals surface area contributed by atoms with E-state index in [0.717, 1.165) is 36.3 Å². The molecule has 0 bridgehead atoms. The van der Waals surface area contributed by atoms with Crippen molar-refractivity contribution in [1.82, 2.24) is 19.4 Å². The largest absolute Gasteiger partial charge is 0.480 e. The molecule has 3 aromatic carbocycles. The van der Waals surface area contributed by atoms with Crippen LogP contribution in [-0.4, -0.2) is 96.4 Å². The highest BCUT2D eigenvalue weighted by atomic mass is 32.2. The van der Waals surface area contributed by atoms with E-state index in [9.17, 15) is 18.0 Å². The summed E-state index contributed by atoms with van der Waals surface area (Å²) in [6.07, 6.45) is 0.653. The maximum Gasteiger partial charge on any atom is 0.317 e. The molecule has 2 heterocycles. The van der Waals surface area contributed by atoms with E-state index in [0.29, 0.717) is 25.3 Å². The molecule has 0 spiro atoms. The number of hydrogen-bond acceptors (Lipinski definition) is 7. The first-order chi connectivity index (χ1) is 20.3. The Kier molecular flexibility index (Phi) is 9.96. The number of piperazine rings is 1. The molecule has 2 N–H and O–H groups in total. The van der Waals surface area contributed by atoms with E-state index in [-0.39, 0.29) is 29.9 Å². The van der Waals surface area contributed by atoms with Gasteiger partial charge >= 0.3 is 5.97 Å². The fourth-order valence-electron chi connectivity index (χ4n) is 5.42. The third kappa shape index (κ3) is 7.40. The molecule has 5 rings (SSSR count). The summed E-state index contributed by atoms with van der Waals surface area (Å²) in [4.78, 5) is 29.0. The van der Waals surface area contributed by atoms with Crippen LogP contribution in [0.15, 0.2) is 89.8 Å². The van der Waals surface area contributed by atoms with Crippen LogP contribution >= 0.6 is 11.8 Å². The number of thioether (sulfide) groups is 1.